The number of hydrogen-bond acceptors (Lipinski definition) is 7. The van der Waals surface area contributed by atoms with Gasteiger partial charge in [-0.1, -0.05) is 16.7 Å². The quantitative estimate of drug-likeness (QED) is 0.0794. The van der Waals surface area contributed by atoms with Crippen LogP contribution in [-0.4, -0.2) is 59.8 Å². The summed E-state index contributed by atoms with van der Waals surface area (Å²) in [6, 6.07) is 4.52. The highest BCUT2D eigenvalue weighted by Gasteiger charge is 2.30. The average Bonchev–Trinajstić information content (AvgIpc) is 2.81. The number of halogens is 6. The average molecular weight is 543 g/mol. The molecule has 3 aromatic rings. The standard InChI is InChI=1S/C22H20ClF5N8O/c1-36(2)6-3-7-37-13-8-14(24)17(15(25)9-13)18-19(23)32-20(33-21(18)31-11-22(26,27)28)16-5-4-12(10-30-16)34-35-29/h4-5,8-10H,3,6-7,11H2,1-2H3,(H,31,32,33). The van der Waals surface area contributed by atoms with Crippen LogP contribution in [0.3, 0.4) is 0 Å². The Morgan fingerprint density at radius 2 is 1.84 bits per heavy atom. The number of ether oxygens (including phenoxy) is 1. The van der Waals surface area contributed by atoms with Gasteiger partial charge in [-0.25, -0.2) is 18.7 Å². The molecule has 0 spiro atoms. The van der Waals surface area contributed by atoms with E-state index < -0.39 is 46.5 Å². The molecule has 0 aliphatic carbocycles. The van der Waals surface area contributed by atoms with E-state index in [-0.39, 0.29) is 29.6 Å². The lowest BCUT2D eigenvalue weighted by Crippen LogP contribution is -2.22. The molecule has 0 bridgehead atoms. The smallest absolute Gasteiger partial charge is 0.405 e. The van der Waals surface area contributed by atoms with Crippen molar-refractivity contribution in [3.05, 3.63) is 57.7 Å². The summed E-state index contributed by atoms with van der Waals surface area (Å²) < 4.78 is 74.4. The molecule has 15 heteroatoms. The number of nitrogens with one attached hydrogen (secondary N) is 1. The highest BCUT2D eigenvalue weighted by atomic mass is 35.5. The number of rotatable bonds is 10. The van der Waals surface area contributed by atoms with Crippen LogP contribution in [0.25, 0.3) is 33.1 Å². The number of pyridine rings is 1. The fourth-order valence-electron chi connectivity index (χ4n) is 3.15. The van der Waals surface area contributed by atoms with E-state index in [2.05, 4.69) is 25.0 Å². The summed E-state index contributed by atoms with van der Waals surface area (Å²) in [4.78, 5) is 16.5. The van der Waals surface area contributed by atoms with E-state index in [1.807, 2.05) is 24.3 Å². The van der Waals surface area contributed by atoms with Gasteiger partial charge in [-0.2, -0.15) is 13.2 Å². The highest BCUT2D eigenvalue weighted by molar-refractivity contribution is 6.32. The van der Waals surface area contributed by atoms with Gasteiger partial charge in [-0.15, -0.1) is 0 Å². The summed E-state index contributed by atoms with van der Waals surface area (Å²) in [5.74, 6) is -3.15. The zero-order valence-electron chi connectivity index (χ0n) is 19.5. The molecule has 0 saturated heterocycles. The first kappa shape index (κ1) is 27.8. The monoisotopic (exact) mass is 542 g/mol. The van der Waals surface area contributed by atoms with E-state index in [0.717, 1.165) is 12.1 Å². The normalized spacial score (nSPS) is 11.4. The Labute approximate surface area is 212 Å². The van der Waals surface area contributed by atoms with Crippen LogP contribution in [0.4, 0.5) is 33.5 Å². The molecular formula is C22H20ClF5N8O. The first-order valence-electron chi connectivity index (χ1n) is 10.6. The largest absolute Gasteiger partial charge is 0.493 e. The van der Waals surface area contributed by atoms with Crippen LogP contribution in [0.1, 0.15) is 6.42 Å². The van der Waals surface area contributed by atoms with Crippen molar-refractivity contribution in [1.29, 1.82) is 0 Å². The van der Waals surface area contributed by atoms with Crippen molar-refractivity contribution in [2.45, 2.75) is 12.6 Å². The summed E-state index contributed by atoms with van der Waals surface area (Å²) in [7, 11) is 3.73. The van der Waals surface area contributed by atoms with Crippen molar-refractivity contribution in [2.75, 3.05) is 39.1 Å². The molecule has 0 radical (unpaired) electrons. The predicted molar refractivity (Wildman–Crippen MR) is 128 cm³/mol. The van der Waals surface area contributed by atoms with Gasteiger partial charge in [0.25, 0.3) is 0 Å². The molecule has 0 amide bonds. The van der Waals surface area contributed by atoms with E-state index in [0.29, 0.717) is 13.0 Å². The zero-order valence-corrected chi connectivity index (χ0v) is 20.3. The van der Waals surface area contributed by atoms with Gasteiger partial charge >= 0.3 is 6.18 Å². The van der Waals surface area contributed by atoms with Gasteiger partial charge in [-0.3, -0.25) is 4.98 Å². The van der Waals surface area contributed by atoms with Crippen molar-refractivity contribution in [2.24, 2.45) is 5.11 Å². The lowest BCUT2D eigenvalue weighted by Gasteiger charge is -2.17. The van der Waals surface area contributed by atoms with Crippen LogP contribution < -0.4 is 10.1 Å². The third kappa shape index (κ3) is 7.62. The number of benzene rings is 1. The second kappa shape index (κ2) is 12.0. The topological polar surface area (TPSA) is 112 Å². The van der Waals surface area contributed by atoms with Gasteiger partial charge in [0.05, 0.1) is 23.4 Å². The van der Waals surface area contributed by atoms with Crippen LogP contribution in [0, 0.1) is 11.6 Å². The molecule has 2 heterocycles. The molecule has 0 saturated carbocycles. The number of alkyl halides is 3. The van der Waals surface area contributed by atoms with Crippen LogP contribution in [0.5, 0.6) is 5.75 Å². The summed E-state index contributed by atoms with van der Waals surface area (Å²) in [5, 5.41) is 4.87. The first-order chi connectivity index (χ1) is 17.5. The number of nitrogens with zero attached hydrogens (tertiary/aromatic N) is 7. The van der Waals surface area contributed by atoms with Gasteiger partial charge in [0, 0.05) is 29.8 Å². The van der Waals surface area contributed by atoms with Crippen LogP contribution in [0.2, 0.25) is 5.15 Å². The predicted octanol–water partition coefficient (Wildman–Crippen LogP) is 6.38. The van der Waals surface area contributed by atoms with E-state index in [1.54, 1.807) is 0 Å². The molecule has 3 rings (SSSR count). The molecule has 9 nitrogen and oxygen atoms in total. The van der Waals surface area contributed by atoms with E-state index in [4.69, 9.17) is 21.9 Å². The van der Waals surface area contributed by atoms with Gasteiger partial charge in [0.2, 0.25) is 0 Å². The minimum Gasteiger partial charge on any atom is -0.493 e. The Morgan fingerprint density at radius 3 is 2.41 bits per heavy atom. The summed E-state index contributed by atoms with van der Waals surface area (Å²) in [6.07, 6.45) is -2.90. The van der Waals surface area contributed by atoms with Crippen LogP contribution in [0.15, 0.2) is 35.6 Å². The van der Waals surface area contributed by atoms with Gasteiger partial charge in [-0.05, 0) is 38.2 Å². The third-order valence-corrected chi connectivity index (χ3v) is 5.02. The maximum atomic E-state index is 15.1. The molecule has 0 unspecified atom stereocenters. The SMILES string of the molecule is CN(C)CCCOc1cc(F)c(-c2c(Cl)nc(-c3ccc(N=[N+]=[N-])cn3)nc2NCC(F)(F)F)c(F)c1. The highest BCUT2D eigenvalue weighted by Crippen LogP contribution is 2.39. The van der Waals surface area contributed by atoms with E-state index in [1.165, 1.54) is 18.3 Å². The van der Waals surface area contributed by atoms with Crippen molar-refractivity contribution < 1.29 is 26.7 Å². The number of anilines is 1. The van der Waals surface area contributed by atoms with Crippen LogP contribution >= 0.6 is 11.6 Å². The lowest BCUT2D eigenvalue weighted by atomic mass is 10.1. The van der Waals surface area contributed by atoms with Crippen molar-refractivity contribution in [3.8, 4) is 28.4 Å². The number of azide groups is 1. The van der Waals surface area contributed by atoms with E-state index in [9.17, 15) is 13.2 Å². The Bertz CT molecular complexity index is 1270. The van der Waals surface area contributed by atoms with Crippen molar-refractivity contribution in [3.63, 3.8) is 0 Å². The molecule has 1 aromatic carbocycles. The maximum Gasteiger partial charge on any atom is 0.405 e. The summed E-state index contributed by atoms with van der Waals surface area (Å²) >= 11 is 6.23. The lowest BCUT2D eigenvalue weighted by molar-refractivity contribution is -0.115. The van der Waals surface area contributed by atoms with Gasteiger partial charge < -0.3 is 15.0 Å². The minimum absolute atomic E-state index is 0.0582. The molecule has 0 atom stereocenters. The van der Waals surface area contributed by atoms with Crippen LogP contribution in [-0.2, 0) is 0 Å². The van der Waals surface area contributed by atoms with Crippen molar-refractivity contribution in [1.82, 2.24) is 19.9 Å². The molecule has 2 aromatic heterocycles. The van der Waals surface area contributed by atoms with Crippen molar-refractivity contribution >= 4 is 23.1 Å². The molecule has 0 aliphatic rings. The molecule has 0 aliphatic heterocycles. The fourth-order valence-corrected chi connectivity index (χ4v) is 3.42. The van der Waals surface area contributed by atoms with Gasteiger partial charge in [0.15, 0.2) is 5.82 Å². The molecule has 37 heavy (non-hydrogen) atoms. The molecular weight excluding hydrogens is 523 g/mol. The Kier molecular flexibility index (Phi) is 9.03. The second-order valence-electron chi connectivity index (χ2n) is 7.89. The Balaban J connectivity index is 2.03. The molecule has 0 fully saturated rings. The summed E-state index contributed by atoms with van der Waals surface area (Å²) in [6.45, 7) is -0.676. The summed E-state index contributed by atoms with van der Waals surface area (Å²) in [5.41, 5.74) is 7.48. The van der Waals surface area contributed by atoms with E-state index >= 15 is 8.78 Å². The third-order valence-electron chi connectivity index (χ3n) is 4.74. The minimum atomic E-state index is -4.68. The first-order valence-corrected chi connectivity index (χ1v) is 11.0. The number of aromatic nitrogens is 3. The second-order valence-corrected chi connectivity index (χ2v) is 8.25. The zero-order chi connectivity index (χ0) is 27.2. The molecule has 1 N–H and O–H groups in total. The molecule has 196 valence electrons. The Morgan fingerprint density at radius 1 is 1.14 bits per heavy atom. The number of hydrogen-bond donors (Lipinski definition) is 1. The fraction of sp³-hybridized carbons (Fsp3) is 0.318. The Hall–Kier alpha value is -3.74. The maximum absolute atomic E-state index is 15.1. The van der Waals surface area contributed by atoms with Gasteiger partial charge in [0.1, 0.15) is 40.6 Å².